The third kappa shape index (κ3) is 30.6. The van der Waals surface area contributed by atoms with Crippen LogP contribution in [0.1, 0.15) is 163 Å². The predicted octanol–water partition coefficient (Wildman–Crippen LogP) is -7.38. The van der Waals surface area contributed by atoms with Crippen LogP contribution in [0, 0.1) is 29.6 Å². The number of nitrogens with two attached hydrogens (primary N) is 10. The molecular weight excluding hydrogens is 2060 g/mol. The van der Waals surface area contributed by atoms with Crippen molar-refractivity contribution in [3.05, 3.63) is 0 Å². The van der Waals surface area contributed by atoms with E-state index in [4.69, 9.17) is 112 Å². The largest absolute Gasteiger partial charge is 0.480 e. The summed E-state index contributed by atoms with van der Waals surface area (Å²) < 4.78 is 264. The van der Waals surface area contributed by atoms with Gasteiger partial charge in [-0.1, -0.05) is 36.4 Å². The molecule has 11 fully saturated rings. The molecule has 838 valence electrons. The highest BCUT2D eigenvalue weighted by Gasteiger charge is 2.66. The van der Waals surface area contributed by atoms with E-state index in [-0.39, 0.29) is 159 Å². The lowest BCUT2D eigenvalue weighted by Crippen LogP contribution is -2.63. The van der Waals surface area contributed by atoms with Gasteiger partial charge in [-0.2, -0.15) is 107 Å². The number of hydrogen-bond donors (Lipinski definition) is 25. The molecule has 15 atom stereocenters. The highest BCUT2D eigenvalue weighted by molar-refractivity contribution is 7.88. The summed E-state index contributed by atoms with van der Waals surface area (Å²) in [6, 6.07) is -5.02. The average Bonchev–Trinajstić information content (AvgIpc) is 1.63. The summed E-state index contributed by atoms with van der Waals surface area (Å²) in [6.45, 7) is -0.528. The maximum absolute atomic E-state index is 13.7. The summed E-state index contributed by atoms with van der Waals surface area (Å²) >= 11 is 0. The topological polar surface area (TPSA) is 861 Å². The fourth-order valence-corrected chi connectivity index (χ4v) is 29.1. The van der Waals surface area contributed by atoms with E-state index in [1.807, 2.05) is 0 Å². The molecule has 35 N–H and O–H groups in total. The maximum Gasteiger partial charge on any atom is 0.474 e. The molecule has 0 aromatic rings. The molecule has 145 heavy (non-hydrogen) atoms. The Balaban J connectivity index is 0.000000246. The Morgan fingerprint density at radius 1 is 0.366 bits per heavy atom. The zero-order valence-electron chi connectivity index (χ0n) is 81.2. The summed E-state index contributed by atoms with van der Waals surface area (Å²) in [5.41, 5.74) is 46.2. The van der Waals surface area contributed by atoms with Gasteiger partial charge in [0.25, 0.3) is 57.5 Å². The molecule has 5 aliphatic carbocycles. The van der Waals surface area contributed by atoms with Gasteiger partial charge in [-0.05, 0) is 163 Å². The van der Waals surface area contributed by atoms with Crippen LogP contribution in [0.15, 0.2) is 0 Å². The lowest BCUT2D eigenvalue weighted by molar-refractivity contribution is -0.223. The first-order chi connectivity index (χ1) is 66.1. The molecular formula is C75H144B5F9N20O31S5. The van der Waals surface area contributed by atoms with Gasteiger partial charge in [-0.25, -0.2) is 13.2 Å². The summed E-state index contributed by atoms with van der Waals surface area (Å²) in [6.07, 6.45) is -6.42. The second-order valence-corrected chi connectivity index (χ2v) is 50.3. The van der Waals surface area contributed by atoms with Gasteiger partial charge in [0.1, 0.15) is 40.9 Å². The Labute approximate surface area is 838 Å². The SMILES string of the molecule is CC(N(C(F)(F)F)S(=O)(=O)N1C[C@H](CCCB(O)O)[C@](N)(C(=O)O)C1)C1(N)CC1.CC(N(C1COC1)S(=O)(=O)N1C[C@H](CCCB(O)O)[C@](N)(C(=O)O)C1)C1(N)CC1.CC(N(CC(F)(F)F)S(=O)(=O)N1C[C@H](CCCB(O)O)[C@](N)(C(=O)O)C1)C1(N)CC1.CC(N(CC(F)F)S(=O)(=O)N1C[C@H](CCCB(O)O)[C@](N)(C(=O)O)C1)C1(N)CC1.CC(N(CCF)S(=O)(=O)N1C[C@H](CCCB(O)O)[C@](N)(C(=O)O)C1)C1(N)CC1. The van der Waals surface area contributed by atoms with Crippen molar-refractivity contribution in [1.82, 2.24) is 43.1 Å². The van der Waals surface area contributed by atoms with Gasteiger partial charge in [0, 0.05) is 159 Å². The number of hydrogen-bond acceptors (Lipinski definition) is 36. The summed E-state index contributed by atoms with van der Waals surface area (Å²) in [5, 5.41) is 138. The number of rotatable bonds is 51. The van der Waals surface area contributed by atoms with Gasteiger partial charge >= 0.3 is 77.9 Å². The molecule has 0 bridgehead atoms. The van der Waals surface area contributed by atoms with E-state index in [2.05, 4.69) is 0 Å². The van der Waals surface area contributed by atoms with E-state index in [9.17, 15) is 131 Å². The van der Waals surface area contributed by atoms with Crippen molar-refractivity contribution in [2.45, 2.75) is 305 Å². The molecule has 11 aliphatic rings. The van der Waals surface area contributed by atoms with E-state index in [1.165, 1.54) is 18.2 Å². The number of carboxylic acid groups (broad SMARTS) is 5. The maximum atomic E-state index is 13.7. The first-order valence-electron chi connectivity index (χ1n) is 47.4. The predicted molar refractivity (Wildman–Crippen MR) is 504 cm³/mol. The van der Waals surface area contributed by atoms with Crippen molar-refractivity contribution in [1.29, 1.82) is 0 Å². The first kappa shape index (κ1) is 127. The molecule has 0 spiro atoms. The van der Waals surface area contributed by atoms with Crippen LogP contribution < -0.4 is 57.3 Å². The molecule has 51 nitrogen and oxygen atoms in total. The lowest BCUT2D eigenvalue weighted by atomic mass is 9.78. The van der Waals surface area contributed by atoms with Crippen LogP contribution in [0.25, 0.3) is 0 Å². The third-order valence-electron chi connectivity index (χ3n) is 30.6. The van der Waals surface area contributed by atoms with Crippen LogP contribution >= 0.6 is 0 Å². The van der Waals surface area contributed by atoms with Gasteiger partial charge in [0.2, 0.25) is 0 Å². The Kier molecular flexibility index (Phi) is 42.4. The molecule has 70 heteroatoms. The highest BCUT2D eigenvalue weighted by Crippen LogP contribution is 2.49. The molecule has 6 aliphatic heterocycles. The second kappa shape index (κ2) is 48.3. The fourth-order valence-electron chi connectivity index (χ4n) is 19.3. The quantitative estimate of drug-likeness (QED) is 0.0153. The molecule has 6 saturated heterocycles. The van der Waals surface area contributed by atoms with Crippen molar-refractivity contribution >= 4 is 116 Å². The smallest absolute Gasteiger partial charge is 0.474 e. The minimum atomic E-state index is -5.26. The Morgan fingerprint density at radius 2 is 0.593 bits per heavy atom. The van der Waals surface area contributed by atoms with Crippen LogP contribution in [0.5, 0.6) is 0 Å². The standard InChI is InChI=1S/C16H31BN4O7S.C15H28BF3N4O6S.C15H29BF2N4O6S.C15H30BFN4O6S.C14H26BF3N4O6S/c1-11(15(18)4-5-15)21(13-8-28-9-13)29(26,27)20-7-12(3-2-6-17(24)25)16(19,10-20)14(22)23;1-10(13(20)4-5-13)23(9-15(17,18)19)30(28,29)22-7-11(3-2-6-16(26)27)14(21,8-22)12(24)25;1-10(14(19)4-5-14)22(8-12(17)18)29(27,28)21-7-11(3-2-6-16(25)26)15(20,9-21)13(23)24;1-11(14(18)4-5-14)21(8-7-17)28(26,27)20-9-12(3-2-6-16(24)25)15(19,10-20)13(22)23;1-9(12(19)4-5-12)22(14(16,17)18)29(27,28)21-7-10(3-2-6-15(25)26)13(20,8-21)11(23)24/h11-13,24-25H,2-10,18-19H2,1H3,(H,22,23);10-11,26-27H,2-9,20-21H2,1H3,(H,24,25);10-12,25-26H,2-9,19-20H2,1H3,(H,23,24);11-12,24-25H,2-10,18-19H2,1H3,(H,22,23);9-10,25-26H,2-8,19-20H2,1H3,(H,23,24)/t11?,12-,16-;10?,11-,14-;10?,11-,15-;11?,12-,15-;9?,10-,13-/m00000/s1. The Morgan fingerprint density at radius 3 is 0.814 bits per heavy atom. The third-order valence-corrected chi connectivity index (χ3v) is 40.6. The number of carbonyl (C=O) groups is 5. The Hall–Kier alpha value is -4.45. The minimum absolute atomic E-state index is 0.00512. The van der Waals surface area contributed by atoms with Crippen molar-refractivity contribution in [3.63, 3.8) is 0 Å². The van der Waals surface area contributed by atoms with Gasteiger partial charge in [-0.3, -0.25) is 24.0 Å². The molecule has 0 aromatic heterocycles. The zero-order chi connectivity index (χ0) is 111. The number of carboxylic acids is 5. The van der Waals surface area contributed by atoms with Crippen LogP contribution in [-0.2, 0) is 79.8 Å². The lowest BCUT2D eigenvalue weighted by Gasteiger charge is -2.43. The van der Waals surface area contributed by atoms with Crippen molar-refractivity contribution in [3.8, 4) is 0 Å². The number of nitrogens with zero attached hydrogens (tertiary/aromatic N) is 10. The number of alkyl halides is 9. The second-order valence-electron chi connectivity index (χ2n) is 41.0. The summed E-state index contributed by atoms with van der Waals surface area (Å²) in [5.74, 6) is -11.1. The first-order valence-corrected chi connectivity index (χ1v) is 54.4. The van der Waals surface area contributed by atoms with Crippen LogP contribution in [0.2, 0.25) is 31.6 Å². The van der Waals surface area contributed by atoms with Gasteiger partial charge in [-0.15, -0.1) is 0 Å². The van der Waals surface area contributed by atoms with Crippen molar-refractivity contribution in [2.24, 2.45) is 86.9 Å². The normalized spacial score (nSPS) is 28.8. The number of ether oxygens (including phenoxy) is 1. The molecule has 0 aromatic carbocycles. The summed E-state index contributed by atoms with van der Waals surface area (Å²) in [7, 11) is -30.4. The van der Waals surface area contributed by atoms with E-state index in [0.717, 1.165) is 37.0 Å². The van der Waals surface area contributed by atoms with Crippen molar-refractivity contribution in [2.75, 3.05) is 105 Å². The van der Waals surface area contributed by atoms with Crippen LogP contribution in [0.3, 0.4) is 0 Å². The van der Waals surface area contributed by atoms with E-state index in [0.29, 0.717) is 57.9 Å². The van der Waals surface area contributed by atoms with Crippen LogP contribution in [-0.4, -0.2) is 442 Å². The van der Waals surface area contributed by atoms with Crippen molar-refractivity contribution < 1.29 is 186 Å². The molecule has 6 heterocycles. The van der Waals surface area contributed by atoms with E-state index in [1.54, 1.807) is 13.8 Å². The monoisotopic (exact) mass is 2210 g/mol. The molecule has 0 radical (unpaired) electrons. The van der Waals surface area contributed by atoms with E-state index >= 15 is 0 Å². The number of aliphatic carboxylic acids is 5. The van der Waals surface area contributed by atoms with Crippen LogP contribution in [0.4, 0.5) is 39.5 Å². The molecule has 5 saturated carbocycles. The fraction of sp³-hybridized carbons (Fsp3) is 0.933. The molecule has 0 amide bonds. The molecule has 11 rings (SSSR count). The minimum Gasteiger partial charge on any atom is -0.480 e. The summed E-state index contributed by atoms with van der Waals surface area (Å²) in [4.78, 5) is 58.8. The zero-order valence-corrected chi connectivity index (χ0v) is 85.3. The van der Waals surface area contributed by atoms with Gasteiger partial charge < -0.3 is 138 Å². The average molecular weight is 2210 g/mol. The van der Waals surface area contributed by atoms with Gasteiger partial charge in [0.15, 0.2) is 0 Å². The Bertz CT molecular complexity index is 5000. The number of halogens is 9. The van der Waals surface area contributed by atoms with Gasteiger partial charge in [0.05, 0.1) is 25.8 Å². The van der Waals surface area contributed by atoms with E-state index < -0.39 is 314 Å². The molecule has 5 unspecified atom stereocenters. The highest BCUT2D eigenvalue weighted by atomic mass is 32.2.